The molecule has 2 fully saturated rings. The van der Waals surface area contributed by atoms with E-state index in [0.29, 0.717) is 11.9 Å². The van der Waals surface area contributed by atoms with Gasteiger partial charge in [0.15, 0.2) is 0 Å². The lowest BCUT2D eigenvalue weighted by Crippen LogP contribution is -2.48. The maximum Gasteiger partial charge on any atom is 0.222 e. The molecule has 0 N–H and O–H groups in total. The van der Waals surface area contributed by atoms with Crippen LogP contribution in [0.5, 0.6) is 0 Å². The lowest BCUT2D eigenvalue weighted by atomic mass is 10.0. The van der Waals surface area contributed by atoms with E-state index >= 15 is 0 Å². The van der Waals surface area contributed by atoms with Gasteiger partial charge in [0.1, 0.15) is 0 Å². The van der Waals surface area contributed by atoms with Crippen molar-refractivity contribution in [3.05, 3.63) is 22.9 Å². The average molecular weight is 324 g/mol. The van der Waals surface area contributed by atoms with Crippen molar-refractivity contribution in [2.75, 3.05) is 24.5 Å². The number of rotatable bonds is 2. The summed E-state index contributed by atoms with van der Waals surface area (Å²) in [5, 5.41) is 0. The fourth-order valence-corrected chi connectivity index (χ4v) is 3.43. The van der Waals surface area contributed by atoms with Gasteiger partial charge in [-0.25, -0.2) is 0 Å². The van der Waals surface area contributed by atoms with Crippen LogP contribution in [-0.2, 0) is 4.79 Å². The third kappa shape index (κ3) is 2.76. The second kappa shape index (κ2) is 5.49. The van der Waals surface area contributed by atoms with Gasteiger partial charge in [0.05, 0.1) is 11.9 Å². The highest BCUT2D eigenvalue weighted by Gasteiger charge is 2.31. The van der Waals surface area contributed by atoms with E-state index in [9.17, 15) is 4.79 Å². The average Bonchev–Trinajstić information content (AvgIpc) is 2.85. The first-order valence-corrected chi connectivity index (χ1v) is 7.68. The highest BCUT2D eigenvalue weighted by Crippen LogP contribution is 2.26. The Morgan fingerprint density at radius 2 is 2.16 bits per heavy atom. The Morgan fingerprint density at radius 1 is 1.26 bits per heavy atom. The molecule has 0 aromatic carbocycles. The van der Waals surface area contributed by atoms with E-state index in [1.54, 1.807) is 6.20 Å². The van der Waals surface area contributed by atoms with E-state index in [2.05, 4.69) is 36.8 Å². The van der Waals surface area contributed by atoms with E-state index in [1.165, 1.54) is 0 Å². The van der Waals surface area contributed by atoms with Crippen molar-refractivity contribution in [2.45, 2.75) is 31.7 Å². The molecule has 0 radical (unpaired) electrons. The van der Waals surface area contributed by atoms with Gasteiger partial charge >= 0.3 is 0 Å². The number of anilines is 1. The first-order chi connectivity index (χ1) is 9.24. The number of likely N-dealkylation sites (tertiary alicyclic amines) is 1. The Hall–Kier alpha value is -1.10. The Labute approximate surface area is 121 Å². The van der Waals surface area contributed by atoms with Crippen LogP contribution in [-0.4, -0.2) is 41.5 Å². The molecule has 1 amide bonds. The SMILES string of the molecule is O=C1CCCN1[C@@H]1CCCN(c2cncc(Br)c2)C1. The minimum atomic E-state index is 0.333. The van der Waals surface area contributed by atoms with Gasteiger partial charge in [-0.05, 0) is 41.3 Å². The highest BCUT2D eigenvalue weighted by molar-refractivity contribution is 9.10. The predicted octanol–water partition coefficient (Wildman–Crippen LogP) is 2.44. The summed E-state index contributed by atoms with van der Waals surface area (Å²) in [6.07, 6.45) is 7.72. The number of pyridine rings is 1. The number of halogens is 1. The summed E-state index contributed by atoms with van der Waals surface area (Å²) in [5.41, 5.74) is 1.14. The van der Waals surface area contributed by atoms with Crippen LogP contribution in [0, 0.1) is 0 Å². The molecular weight excluding hydrogens is 306 g/mol. The lowest BCUT2D eigenvalue weighted by Gasteiger charge is -2.38. The lowest BCUT2D eigenvalue weighted by molar-refractivity contribution is -0.129. The van der Waals surface area contributed by atoms with Crippen LogP contribution in [0.1, 0.15) is 25.7 Å². The molecule has 0 saturated carbocycles. The summed E-state index contributed by atoms with van der Waals surface area (Å²) in [6.45, 7) is 2.93. The van der Waals surface area contributed by atoms with E-state index in [0.717, 1.165) is 55.5 Å². The van der Waals surface area contributed by atoms with E-state index < -0.39 is 0 Å². The van der Waals surface area contributed by atoms with Gasteiger partial charge < -0.3 is 9.80 Å². The highest BCUT2D eigenvalue weighted by atomic mass is 79.9. The normalized spacial score (nSPS) is 24.1. The number of aromatic nitrogens is 1. The number of hydrogen-bond acceptors (Lipinski definition) is 3. The molecule has 0 unspecified atom stereocenters. The van der Waals surface area contributed by atoms with E-state index in [1.807, 2.05) is 6.20 Å². The maximum atomic E-state index is 11.9. The quantitative estimate of drug-likeness (QED) is 0.838. The molecule has 3 heterocycles. The third-order valence-corrected chi connectivity index (χ3v) is 4.44. The standard InChI is InChI=1S/C14H18BrN3O/c15-11-7-13(9-16-8-11)17-5-1-3-12(10-17)18-6-2-4-14(18)19/h7-9,12H,1-6,10H2/t12-/m1/s1. The molecule has 2 saturated heterocycles. The van der Waals surface area contributed by atoms with E-state index in [-0.39, 0.29) is 0 Å². The molecular formula is C14H18BrN3O. The van der Waals surface area contributed by atoms with Gasteiger partial charge in [-0.1, -0.05) is 0 Å². The molecule has 1 aromatic rings. The summed E-state index contributed by atoms with van der Waals surface area (Å²) in [4.78, 5) is 20.5. The van der Waals surface area contributed by atoms with Crippen LogP contribution in [0.2, 0.25) is 0 Å². The molecule has 4 nitrogen and oxygen atoms in total. The van der Waals surface area contributed by atoms with Crippen LogP contribution in [0.25, 0.3) is 0 Å². The molecule has 0 bridgehead atoms. The summed E-state index contributed by atoms with van der Waals surface area (Å²) in [7, 11) is 0. The van der Waals surface area contributed by atoms with Gasteiger partial charge in [-0.2, -0.15) is 0 Å². The van der Waals surface area contributed by atoms with Crippen molar-refractivity contribution in [1.82, 2.24) is 9.88 Å². The zero-order chi connectivity index (χ0) is 13.2. The number of amides is 1. The minimum absolute atomic E-state index is 0.333. The second-order valence-corrected chi connectivity index (χ2v) is 6.21. The largest absolute Gasteiger partial charge is 0.368 e. The van der Waals surface area contributed by atoms with Crippen LogP contribution >= 0.6 is 15.9 Å². The van der Waals surface area contributed by atoms with Gasteiger partial charge in [0.25, 0.3) is 0 Å². The summed E-state index contributed by atoms with van der Waals surface area (Å²) in [5.74, 6) is 0.333. The summed E-state index contributed by atoms with van der Waals surface area (Å²) in [6, 6.07) is 2.48. The third-order valence-electron chi connectivity index (χ3n) is 4.00. The Kier molecular flexibility index (Phi) is 3.73. The van der Waals surface area contributed by atoms with Gasteiger partial charge in [0, 0.05) is 42.8 Å². The molecule has 1 aromatic heterocycles. The topological polar surface area (TPSA) is 36.4 Å². The van der Waals surface area contributed by atoms with Crippen molar-refractivity contribution < 1.29 is 4.79 Å². The number of piperidine rings is 1. The van der Waals surface area contributed by atoms with Crippen molar-refractivity contribution >= 4 is 27.5 Å². The van der Waals surface area contributed by atoms with Crippen molar-refractivity contribution in [3.8, 4) is 0 Å². The number of carbonyl (C=O) groups is 1. The molecule has 2 aliphatic heterocycles. The molecule has 0 spiro atoms. The molecule has 3 rings (SSSR count). The molecule has 102 valence electrons. The second-order valence-electron chi connectivity index (χ2n) is 5.29. The zero-order valence-corrected chi connectivity index (χ0v) is 12.5. The monoisotopic (exact) mass is 323 g/mol. The minimum Gasteiger partial charge on any atom is -0.368 e. The van der Waals surface area contributed by atoms with E-state index in [4.69, 9.17) is 0 Å². The summed E-state index contributed by atoms with van der Waals surface area (Å²) >= 11 is 3.47. The smallest absolute Gasteiger partial charge is 0.222 e. The number of hydrogen-bond donors (Lipinski definition) is 0. The van der Waals surface area contributed by atoms with Gasteiger partial charge in [-0.15, -0.1) is 0 Å². The van der Waals surface area contributed by atoms with Crippen molar-refractivity contribution in [3.63, 3.8) is 0 Å². The first-order valence-electron chi connectivity index (χ1n) is 6.89. The predicted molar refractivity (Wildman–Crippen MR) is 78.1 cm³/mol. The Balaban J connectivity index is 1.72. The molecule has 2 aliphatic rings. The van der Waals surface area contributed by atoms with Crippen LogP contribution in [0.15, 0.2) is 22.9 Å². The fourth-order valence-electron chi connectivity index (χ4n) is 3.07. The molecule has 5 heteroatoms. The van der Waals surface area contributed by atoms with Crippen LogP contribution < -0.4 is 4.90 Å². The van der Waals surface area contributed by atoms with Crippen LogP contribution in [0.3, 0.4) is 0 Å². The summed E-state index contributed by atoms with van der Waals surface area (Å²) < 4.78 is 1.00. The number of nitrogens with zero attached hydrogens (tertiary/aromatic N) is 3. The maximum absolute atomic E-state index is 11.9. The van der Waals surface area contributed by atoms with Gasteiger partial charge in [-0.3, -0.25) is 9.78 Å². The van der Waals surface area contributed by atoms with Crippen LogP contribution in [0.4, 0.5) is 5.69 Å². The molecule has 0 aliphatic carbocycles. The Bertz CT molecular complexity index is 480. The Morgan fingerprint density at radius 3 is 2.89 bits per heavy atom. The number of carbonyl (C=O) groups excluding carboxylic acids is 1. The first kappa shape index (κ1) is 12.9. The van der Waals surface area contributed by atoms with Crippen molar-refractivity contribution in [2.24, 2.45) is 0 Å². The fraction of sp³-hybridized carbons (Fsp3) is 0.571. The van der Waals surface area contributed by atoms with Gasteiger partial charge in [0.2, 0.25) is 5.91 Å². The van der Waals surface area contributed by atoms with Crippen molar-refractivity contribution in [1.29, 1.82) is 0 Å². The molecule has 19 heavy (non-hydrogen) atoms. The molecule has 1 atom stereocenters. The zero-order valence-electron chi connectivity index (χ0n) is 10.9.